The van der Waals surface area contributed by atoms with Crippen LogP contribution in [0.15, 0.2) is 36.7 Å². The Balaban J connectivity index is 1.80. The molecule has 3 aromatic rings. The van der Waals surface area contributed by atoms with Crippen molar-refractivity contribution >= 4 is 10.9 Å². The molecule has 6 heteroatoms. The average Bonchev–Trinajstić information content (AvgIpc) is 2.74. The van der Waals surface area contributed by atoms with Crippen LogP contribution in [-0.2, 0) is 17.6 Å². The van der Waals surface area contributed by atoms with Gasteiger partial charge < -0.3 is 9.47 Å². The van der Waals surface area contributed by atoms with Gasteiger partial charge in [-0.1, -0.05) is 32.0 Å². The summed E-state index contributed by atoms with van der Waals surface area (Å²) in [6.07, 6.45) is 6.65. The smallest absolute Gasteiger partial charge is 0.224 e. The number of pyridine rings is 1. The lowest BCUT2D eigenvalue weighted by atomic mass is 10.0. The number of nitrogens with zero attached hydrogens (tertiary/aromatic N) is 4. The molecule has 0 N–H and O–H groups in total. The molecule has 1 fully saturated rings. The largest absolute Gasteiger partial charge is 0.474 e. The fourth-order valence-corrected chi connectivity index (χ4v) is 3.69. The summed E-state index contributed by atoms with van der Waals surface area (Å²) in [5.41, 5.74) is 3.73. The molecule has 30 heavy (non-hydrogen) atoms. The molecule has 0 bridgehead atoms. The number of aromatic nitrogens is 3. The summed E-state index contributed by atoms with van der Waals surface area (Å²) < 4.78 is 11.7. The van der Waals surface area contributed by atoms with Gasteiger partial charge in [0.2, 0.25) is 5.88 Å². The van der Waals surface area contributed by atoms with Crippen molar-refractivity contribution in [2.75, 3.05) is 13.2 Å². The summed E-state index contributed by atoms with van der Waals surface area (Å²) in [5.74, 6) is 1.85. The molecule has 4 rings (SSSR count). The third kappa shape index (κ3) is 4.58. The van der Waals surface area contributed by atoms with Gasteiger partial charge in [-0.2, -0.15) is 5.26 Å². The quantitative estimate of drug-likeness (QED) is 0.603. The molecule has 0 amide bonds. The van der Waals surface area contributed by atoms with Gasteiger partial charge >= 0.3 is 0 Å². The standard InChI is InChI=1S/C24H26N4O2/c1-16(2)12-22-26-15-21-23(28-22)20(18-5-3-4-17(13-18)6-9-25)14-27-24(21)30-19-7-10-29-11-8-19/h3-5,13-16,19H,6-8,10-12H2,1-2H3. The van der Waals surface area contributed by atoms with Crippen LogP contribution in [0.4, 0.5) is 0 Å². The van der Waals surface area contributed by atoms with Crippen LogP contribution >= 0.6 is 0 Å². The summed E-state index contributed by atoms with van der Waals surface area (Å²) >= 11 is 0. The third-order valence-corrected chi connectivity index (χ3v) is 5.19. The van der Waals surface area contributed by atoms with Gasteiger partial charge in [-0.05, 0) is 23.1 Å². The molecular weight excluding hydrogens is 376 g/mol. The van der Waals surface area contributed by atoms with Crippen molar-refractivity contribution in [2.24, 2.45) is 5.92 Å². The zero-order valence-corrected chi connectivity index (χ0v) is 17.5. The Hall–Kier alpha value is -3.04. The molecule has 0 saturated carbocycles. The molecule has 0 atom stereocenters. The lowest BCUT2D eigenvalue weighted by Crippen LogP contribution is -2.26. The predicted octanol–water partition coefficient (Wildman–Crippen LogP) is 4.51. The predicted molar refractivity (Wildman–Crippen MR) is 115 cm³/mol. The van der Waals surface area contributed by atoms with Crippen LogP contribution < -0.4 is 4.74 Å². The van der Waals surface area contributed by atoms with E-state index in [1.54, 1.807) is 0 Å². The molecule has 1 aliphatic heterocycles. The van der Waals surface area contributed by atoms with Crippen molar-refractivity contribution in [3.8, 4) is 23.1 Å². The van der Waals surface area contributed by atoms with Crippen molar-refractivity contribution in [3.63, 3.8) is 0 Å². The lowest BCUT2D eigenvalue weighted by molar-refractivity contribution is 0.0244. The third-order valence-electron chi connectivity index (χ3n) is 5.19. The number of rotatable bonds is 6. The Morgan fingerprint density at radius 1 is 1.20 bits per heavy atom. The van der Waals surface area contributed by atoms with E-state index in [9.17, 15) is 0 Å². The monoisotopic (exact) mass is 402 g/mol. The maximum absolute atomic E-state index is 9.06. The second-order valence-electron chi connectivity index (χ2n) is 8.09. The molecule has 0 aliphatic carbocycles. The minimum atomic E-state index is 0.0922. The van der Waals surface area contributed by atoms with Crippen molar-refractivity contribution in [1.29, 1.82) is 5.26 Å². The minimum absolute atomic E-state index is 0.0922. The maximum Gasteiger partial charge on any atom is 0.224 e. The average molecular weight is 402 g/mol. The summed E-state index contributed by atoms with van der Waals surface area (Å²) in [4.78, 5) is 14.1. The van der Waals surface area contributed by atoms with Gasteiger partial charge in [0.15, 0.2) is 0 Å². The second-order valence-corrected chi connectivity index (χ2v) is 8.09. The summed E-state index contributed by atoms with van der Waals surface area (Å²) in [5, 5.41) is 9.87. The number of benzene rings is 1. The molecule has 1 aliphatic rings. The topological polar surface area (TPSA) is 80.9 Å². The van der Waals surface area contributed by atoms with Gasteiger partial charge in [0, 0.05) is 37.2 Å². The molecule has 1 aromatic carbocycles. The van der Waals surface area contributed by atoms with Crippen LogP contribution in [0.2, 0.25) is 0 Å². The zero-order chi connectivity index (χ0) is 20.9. The summed E-state index contributed by atoms with van der Waals surface area (Å²) in [6, 6.07) is 10.2. The Labute approximate surface area is 176 Å². The van der Waals surface area contributed by atoms with E-state index in [0.29, 0.717) is 31.4 Å². The maximum atomic E-state index is 9.06. The Morgan fingerprint density at radius 2 is 2.03 bits per heavy atom. The van der Waals surface area contributed by atoms with E-state index in [0.717, 1.165) is 52.7 Å². The number of hydrogen-bond acceptors (Lipinski definition) is 6. The minimum Gasteiger partial charge on any atom is -0.474 e. The van der Waals surface area contributed by atoms with E-state index in [2.05, 4.69) is 29.9 Å². The van der Waals surface area contributed by atoms with Crippen molar-refractivity contribution in [1.82, 2.24) is 15.0 Å². The van der Waals surface area contributed by atoms with Crippen LogP contribution in [0, 0.1) is 17.2 Å². The summed E-state index contributed by atoms with van der Waals surface area (Å²) in [7, 11) is 0. The second kappa shape index (κ2) is 9.19. The van der Waals surface area contributed by atoms with Crippen LogP contribution in [0.3, 0.4) is 0 Å². The van der Waals surface area contributed by atoms with Crippen molar-refractivity contribution in [2.45, 2.75) is 45.6 Å². The van der Waals surface area contributed by atoms with E-state index in [-0.39, 0.29) is 6.10 Å². The zero-order valence-electron chi connectivity index (χ0n) is 17.5. The first kappa shape index (κ1) is 20.2. The fourth-order valence-electron chi connectivity index (χ4n) is 3.69. The van der Waals surface area contributed by atoms with E-state index in [1.807, 2.05) is 36.7 Å². The first-order valence-corrected chi connectivity index (χ1v) is 10.5. The molecular formula is C24H26N4O2. The Morgan fingerprint density at radius 3 is 2.80 bits per heavy atom. The SMILES string of the molecule is CC(C)Cc1ncc2c(OC3CCOCC3)ncc(-c3cccc(CC#N)c3)c2n1. The van der Waals surface area contributed by atoms with E-state index >= 15 is 0 Å². The van der Waals surface area contributed by atoms with Gasteiger partial charge in [0.05, 0.1) is 36.6 Å². The first-order chi connectivity index (χ1) is 14.6. The van der Waals surface area contributed by atoms with Crippen LogP contribution in [0.25, 0.3) is 22.0 Å². The molecule has 0 radical (unpaired) electrons. The Bertz CT molecular complexity index is 1070. The highest BCUT2D eigenvalue weighted by Gasteiger charge is 2.20. The van der Waals surface area contributed by atoms with Crippen LogP contribution in [0.5, 0.6) is 5.88 Å². The molecule has 0 unspecified atom stereocenters. The van der Waals surface area contributed by atoms with E-state index in [4.69, 9.17) is 19.7 Å². The van der Waals surface area contributed by atoms with Crippen molar-refractivity contribution < 1.29 is 9.47 Å². The molecule has 0 spiro atoms. The van der Waals surface area contributed by atoms with E-state index < -0.39 is 0 Å². The highest BCUT2D eigenvalue weighted by atomic mass is 16.5. The fraction of sp³-hybridized carbons (Fsp3) is 0.417. The number of fused-ring (bicyclic) bond motifs is 1. The number of hydrogen-bond donors (Lipinski definition) is 0. The number of ether oxygens (including phenoxy) is 2. The van der Waals surface area contributed by atoms with Gasteiger partial charge in [-0.15, -0.1) is 0 Å². The normalized spacial score (nSPS) is 14.7. The molecule has 6 nitrogen and oxygen atoms in total. The summed E-state index contributed by atoms with van der Waals surface area (Å²) in [6.45, 7) is 5.74. The van der Waals surface area contributed by atoms with Gasteiger partial charge in [-0.3, -0.25) is 0 Å². The molecule has 2 aromatic heterocycles. The highest BCUT2D eigenvalue weighted by Crippen LogP contribution is 2.33. The molecule has 3 heterocycles. The number of nitriles is 1. The highest BCUT2D eigenvalue weighted by molar-refractivity contribution is 5.95. The first-order valence-electron chi connectivity index (χ1n) is 10.5. The van der Waals surface area contributed by atoms with Gasteiger partial charge in [0.25, 0.3) is 0 Å². The van der Waals surface area contributed by atoms with E-state index in [1.165, 1.54) is 0 Å². The lowest BCUT2D eigenvalue weighted by Gasteiger charge is -2.23. The molecule has 154 valence electrons. The van der Waals surface area contributed by atoms with Gasteiger partial charge in [-0.25, -0.2) is 15.0 Å². The van der Waals surface area contributed by atoms with Crippen molar-refractivity contribution in [3.05, 3.63) is 48.0 Å². The van der Waals surface area contributed by atoms with Gasteiger partial charge in [0.1, 0.15) is 11.9 Å². The van der Waals surface area contributed by atoms with Crippen LogP contribution in [-0.4, -0.2) is 34.3 Å². The molecule has 1 saturated heterocycles. The Kier molecular flexibility index (Phi) is 6.20. The van der Waals surface area contributed by atoms with Crippen LogP contribution in [0.1, 0.15) is 38.1 Å².